The Hall–Kier alpha value is -1.88. The van der Waals surface area contributed by atoms with Gasteiger partial charge >= 0.3 is 0 Å². The first kappa shape index (κ1) is 13.1. The van der Waals surface area contributed by atoms with Crippen LogP contribution < -0.4 is 0 Å². The van der Waals surface area contributed by atoms with Crippen LogP contribution >= 0.6 is 0 Å². The number of hydrogen-bond acceptors (Lipinski definition) is 3. The number of hydrogen-bond donors (Lipinski definition) is 0. The molecule has 0 spiro atoms. The van der Waals surface area contributed by atoms with Crippen LogP contribution in [0.25, 0.3) is 10.9 Å². The van der Waals surface area contributed by atoms with Crippen LogP contribution in [0.15, 0.2) is 24.4 Å². The third-order valence-electron chi connectivity index (χ3n) is 4.16. The van der Waals surface area contributed by atoms with E-state index in [9.17, 15) is 10.1 Å². The molecule has 0 aliphatic carbocycles. The van der Waals surface area contributed by atoms with Gasteiger partial charge in [-0.1, -0.05) is 0 Å². The Morgan fingerprint density at radius 2 is 2.05 bits per heavy atom. The highest BCUT2D eigenvalue weighted by molar-refractivity contribution is 5.86. The van der Waals surface area contributed by atoms with Gasteiger partial charge in [-0.15, -0.1) is 0 Å². The molecule has 5 heteroatoms. The Kier molecular flexibility index (Phi) is 3.44. The molecule has 0 bridgehead atoms. The average Bonchev–Trinajstić information content (AvgIpc) is 3.05. The molecule has 1 aliphatic heterocycles. The average molecular weight is 273 g/mol. The van der Waals surface area contributed by atoms with E-state index < -0.39 is 0 Å². The smallest absolute Gasteiger partial charge is 0.270 e. The molecule has 0 N–H and O–H groups in total. The second-order valence-electron chi connectivity index (χ2n) is 5.52. The molecule has 0 saturated carbocycles. The number of aromatic nitrogens is 1. The van der Waals surface area contributed by atoms with E-state index >= 15 is 0 Å². The van der Waals surface area contributed by atoms with Crippen molar-refractivity contribution in [3.05, 3.63) is 40.1 Å². The van der Waals surface area contributed by atoms with Crippen LogP contribution in [0.3, 0.4) is 0 Å². The van der Waals surface area contributed by atoms with Crippen LogP contribution in [0.2, 0.25) is 0 Å². The number of aryl methyl sites for hydroxylation is 1. The minimum atomic E-state index is -0.323. The number of nitro groups is 1. The van der Waals surface area contributed by atoms with Gasteiger partial charge in [0.05, 0.1) is 4.92 Å². The largest absolute Gasteiger partial charge is 0.350 e. The molecule has 0 radical (unpaired) electrons. The molecule has 2 heterocycles. The van der Waals surface area contributed by atoms with Gasteiger partial charge in [0, 0.05) is 42.8 Å². The standard InChI is InChI=1S/C15H19N3O2/c1-16-11-12(6-9-17-7-2-3-8-17)14-10-13(18(19)20)4-5-15(14)16/h4-5,10-11H,2-3,6-9H2,1H3. The van der Waals surface area contributed by atoms with E-state index in [-0.39, 0.29) is 10.6 Å². The molecule has 0 unspecified atom stereocenters. The van der Waals surface area contributed by atoms with Gasteiger partial charge in [-0.25, -0.2) is 0 Å². The Balaban J connectivity index is 1.88. The van der Waals surface area contributed by atoms with Gasteiger partial charge in [-0.2, -0.15) is 0 Å². The second kappa shape index (κ2) is 5.25. The van der Waals surface area contributed by atoms with Gasteiger partial charge < -0.3 is 9.47 Å². The van der Waals surface area contributed by atoms with Gasteiger partial charge in [0.25, 0.3) is 5.69 Å². The molecule has 106 valence electrons. The lowest BCUT2D eigenvalue weighted by molar-refractivity contribution is -0.384. The van der Waals surface area contributed by atoms with Crippen molar-refractivity contribution < 1.29 is 4.92 Å². The maximum Gasteiger partial charge on any atom is 0.270 e. The van der Waals surface area contributed by atoms with Crippen molar-refractivity contribution in [1.82, 2.24) is 9.47 Å². The summed E-state index contributed by atoms with van der Waals surface area (Å²) < 4.78 is 2.05. The summed E-state index contributed by atoms with van der Waals surface area (Å²) in [5, 5.41) is 11.9. The summed E-state index contributed by atoms with van der Waals surface area (Å²) in [6.45, 7) is 3.41. The summed E-state index contributed by atoms with van der Waals surface area (Å²) in [4.78, 5) is 13.1. The molecule has 0 amide bonds. The number of likely N-dealkylation sites (tertiary alicyclic amines) is 1. The lowest BCUT2D eigenvalue weighted by Gasteiger charge is -2.13. The van der Waals surface area contributed by atoms with Gasteiger partial charge in [0.15, 0.2) is 0 Å². The van der Waals surface area contributed by atoms with Gasteiger partial charge in [-0.3, -0.25) is 10.1 Å². The molecule has 20 heavy (non-hydrogen) atoms. The fraction of sp³-hybridized carbons (Fsp3) is 0.467. The van der Waals surface area contributed by atoms with Crippen LogP contribution in [0.1, 0.15) is 18.4 Å². The molecule has 1 saturated heterocycles. The van der Waals surface area contributed by atoms with E-state index in [0.717, 1.165) is 23.9 Å². The molecule has 0 atom stereocenters. The molecular weight excluding hydrogens is 254 g/mol. The lowest BCUT2D eigenvalue weighted by Crippen LogP contribution is -2.21. The van der Waals surface area contributed by atoms with Crippen molar-refractivity contribution in [1.29, 1.82) is 0 Å². The third kappa shape index (κ3) is 2.41. The molecule has 5 nitrogen and oxygen atoms in total. The number of nitrogens with zero attached hydrogens (tertiary/aromatic N) is 3. The summed E-state index contributed by atoms with van der Waals surface area (Å²) >= 11 is 0. The maximum atomic E-state index is 10.9. The van der Waals surface area contributed by atoms with Gasteiger partial charge in [-0.05, 0) is 44.0 Å². The molecule has 1 aromatic heterocycles. The minimum absolute atomic E-state index is 0.172. The molecular formula is C15H19N3O2. The predicted molar refractivity (Wildman–Crippen MR) is 79.0 cm³/mol. The lowest BCUT2D eigenvalue weighted by atomic mass is 10.1. The number of benzene rings is 1. The van der Waals surface area contributed by atoms with Crippen molar-refractivity contribution in [3.8, 4) is 0 Å². The number of fused-ring (bicyclic) bond motifs is 1. The van der Waals surface area contributed by atoms with Crippen molar-refractivity contribution in [3.63, 3.8) is 0 Å². The second-order valence-corrected chi connectivity index (χ2v) is 5.52. The third-order valence-corrected chi connectivity index (χ3v) is 4.16. The van der Waals surface area contributed by atoms with Gasteiger partial charge in [0.2, 0.25) is 0 Å². The highest BCUT2D eigenvalue weighted by atomic mass is 16.6. The van der Waals surface area contributed by atoms with Crippen LogP contribution in [-0.2, 0) is 13.5 Å². The molecule has 1 aliphatic rings. The van der Waals surface area contributed by atoms with E-state index in [1.807, 2.05) is 13.1 Å². The summed E-state index contributed by atoms with van der Waals surface area (Å²) in [5.74, 6) is 0. The topological polar surface area (TPSA) is 51.3 Å². The van der Waals surface area contributed by atoms with Crippen molar-refractivity contribution >= 4 is 16.6 Å². The summed E-state index contributed by atoms with van der Waals surface area (Å²) in [6.07, 6.45) is 5.64. The van der Waals surface area contributed by atoms with E-state index in [4.69, 9.17) is 0 Å². The van der Waals surface area contributed by atoms with Crippen LogP contribution in [0, 0.1) is 10.1 Å². The first-order valence-electron chi connectivity index (χ1n) is 7.10. The normalized spacial score (nSPS) is 16.1. The summed E-state index contributed by atoms with van der Waals surface area (Å²) in [7, 11) is 1.99. The highest BCUT2D eigenvalue weighted by Crippen LogP contribution is 2.26. The molecule has 1 fully saturated rings. The Bertz CT molecular complexity index is 642. The predicted octanol–water partition coefficient (Wildman–Crippen LogP) is 2.72. The Morgan fingerprint density at radius 1 is 1.30 bits per heavy atom. The Labute approximate surface area is 117 Å². The fourth-order valence-corrected chi connectivity index (χ4v) is 3.06. The zero-order chi connectivity index (χ0) is 14.1. The zero-order valence-corrected chi connectivity index (χ0v) is 11.7. The summed E-state index contributed by atoms with van der Waals surface area (Å²) in [5.41, 5.74) is 2.44. The molecule has 1 aromatic carbocycles. The summed E-state index contributed by atoms with van der Waals surface area (Å²) in [6, 6.07) is 5.12. The van der Waals surface area contributed by atoms with Crippen LogP contribution in [0.4, 0.5) is 5.69 Å². The Morgan fingerprint density at radius 3 is 2.75 bits per heavy atom. The molecule has 2 aromatic rings. The minimum Gasteiger partial charge on any atom is -0.350 e. The first-order valence-corrected chi connectivity index (χ1v) is 7.10. The zero-order valence-electron chi connectivity index (χ0n) is 11.7. The van der Waals surface area contributed by atoms with Crippen molar-refractivity contribution in [2.24, 2.45) is 7.05 Å². The monoisotopic (exact) mass is 273 g/mol. The maximum absolute atomic E-state index is 10.9. The molecule has 3 rings (SSSR count). The number of rotatable bonds is 4. The van der Waals surface area contributed by atoms with Gasteiger partial charge in [0.1, 0.15) is 0 Å². The van der Waals surface area contributed by atoms with Crippen LogP contribution in [0.5, 0.6) is 0 Å². The van der Waals surface area contributed by atoms with E-state index in [1.165, 1.54) is 31.5 Å². The van der Waals surface area contributed by atoms with Crippen LogP contribution in [-0.4, -0.2) is 34.0 Å². The SMILES string of the molecule is Cn1cc(CCN2CCCC2)c2cc([N+](=O)[O-])ccc21. The van der Waals surface area contributed by atoms with Crippen molar-refractivity contribution in [2.45, 2.75) is 19.3 Å². The fourth-order valence-electron chi connectivity index (χ4n) is 3.06. The number of non-ortho nitro benzene ring substituents is 1. The quantitative estimate of drug-likeness (QED) is 0.635. The van der Waals surface area contributed by atoms with E-state index in [1.54, 1.807) is 12.1 Å². The van der Waals surface area contributed by atoms with E-state index in [0.29, 0.717) is 0 Å². The first-order chi connectivity index (χ1) is 9.65. The van der Waals surface area contributed by atoms with Crippen molar-refractivity contribution in [2.75, 3.05) is 19.6 Å². The van der Waals surface area contributed by atoms with E-state index in [2.05, 4.69) is 15.7 Å². The highest BCUT2D eigenvalue weighted by Gasteiger charge is 2.15. The number of nitro benzene ring substituents is 1.